The van der Waals surface area contributed by atoms with Gasteiger partial charge in [-0.05, 0) is 58.2 Å². The fourth-order valence-electron chi connectivity index (χ4n) is 4.26. The van der Waals surface area contributed by atoms with E-state index in [1.165, 1.54) is 6.42 Å². The second-order valence-electron chi connectivity index (χ2n) is 7.15. The van der Waals surface area contributed by atoms with E-state index in [0.717, 1.165) is 50.3 Å². The first-order valence-electron chi connectivity index (χ1n) is 8.68. The molecule has 3 rings (SSSR count). The van der Waals surface area contributed by atoms with Crippen molar-refractivity contribution in [2.45, 2.75) is 46.6 Å². The SMILES string of the molecule is CCn1c(C)cc(C)c(C(=O)N2CCCC3(CCNC3)C2)c1=O. The van der Waals surface area contributed by atoms with Crippen molar-refractivity contribution >= 4 is 5.91 Å². The van der Waals surface area contributed by atoms with E-state index < -0.39 is 0 Å². The molecule has 1 unspecified atom stereocenters. The van der Waals surface area contributed by atoms with Gasteiger partial charge in [0.25, 0.3) is 11.5 Å². The number of nitrogens with zero attached hydrogens (tertiary/aromatic N) is 2. The maximum Gasteiger partial charge on any atom is 0.263 e. The van der Waals surface area contributed by atoms with Crippen LogP contribution in [0.2, 0.25) is 0 Å². The molecular formula is C18H27N3O2. The minimum Gasteiger partial charge on any atom is -0.338 e. The second kappa shape index (κ2) is 6.11. The zero-order valence-corrected chi connectivity index (χ0v) is 14.4. The van der Waals surface area contributed by atoms with Gasteiger partial charge in [-0.15, -0.1) is 0 Å². The number of aromatic nitrogens is 1. The smallest absolute Gasteiger partial charge is 0.263 e. The highest BCUT2D eigenvalue weighted by Gasteiger charge is 2.40. The molecule has 5 nitrogen and oxygen atoms in total. The van der Waals surface area contributed by atoms with Crippen LogP contribution in [0.3, 0.4) is 0 Å². The number of piperidine rings is 1. The molecule has 1 atom stereocenters. The van der Waals surface area contributed by atoms with Crippen molar-refractivity contribution in [3.63, 3.8) is 0 Å². The Labute approximate surface area is 137 Å². The van der Waals surface area contributed by atoms with Crippen LogP contribution in [0.5, 0.6) is 0 Å². The van der Waals surface area contributed by atoms with Gasteiger partial charge < -0.3 is 14.8 Å². The molecule has 0 aliphatic carbocycles. The van der Waals surface area contributed by atoms with E-state index in [2.05, 4.69) is 5.32 Å². The van der Waals surface area contributed by atoms with Crippen molar-refractivity contribution in [1.82, 2.24) is 14.8 Å². The molecule has 1 aromatic heterocycles. The molecule has 0 saturated carbocycles. The molecule has 0 radical (unpaired) electrons. The molecule has 126 valence electrons. The summed E-state index contributed by atoms with van der Waals surface area (Å²) in [6.45, 7) is 9.90. The number of aryl methyl sites for hydroxylation is 2. The van der Waals surface area contributed by atoms with E-state index in [0.29, 0.717) is 12.1 Å². The third-order valence-corrected chi connectivity index (χ3v) is 5.52. The second-order valence-corrected chi connectivity index (χ2v) is 7.15. The molecule has 2 aliphatic heterocycles. The summed E-state index contributed by atoms with van der Waals surface area (Å²) in [4.78, 5) is 27.7. The maximum absolute atomic E-state index is 13.1. The molecule has 5 heteroatoms. The Bertz CT molecular complexity index is 672. The Morgan fingerprint density at radius 2 is 2.13 bits per heavy atom. The van der Waals surface area contributed by atoms with Gasteiger partial charge in [0.2, 0.25) is 0 Å². The summed E-state index contributed by atoms with van der Waals surface area (Å²) in [5, 5.41) is 3.43. The van der Waals surface area contributed by atoms with Crippen molar-refractivity contribution < 1.29 is 4.79 Å². The quantitative estimate of drug-likeness (QED) is 0.903. The monoisotopic (exact) mass is 317 g/mol. The van der Waals surface area contributed by atoms with Crippen LogP contribution in [0.15, 0.2) is 10.9 Å². The minimum atomic E-state index is -0.140. The number of likely N-dealkylation sites (tertiary alicyclic amines) is 1. The van der Waals surface area contributed by atoms with Crippen LogP contribution in [0.1, 0.15) is 47.8 Å². The molecule has 0 bridgehead atoms. The Balaban J connectivity index is 1.93. The highest BCUT2D eigenvalue weighted by molar-refractivity contribution is 5.95. The predicted molar refractivity (Wildman–Crippen MR) is 90.9 cm³/mol. The summed E-state index contributed by atoms with van der Waals surface area (Å²) >= 11 is 0. The van der Waals surface area contributed by atoms with Crippen LogP contribution in [0, 0.1) is 19.3 Å². The van der Waals surface area contributed by atoms with Crippen LogP contribution in [0.25, 0.3) is 0 Å². The molecule has 1 aromatic rings. The van der Waals surface area contributed by atoms with Crippen LogP contribution in [-0.4, -0.2) is 41.6 Å². The summed E-state index contributed by atoms with van der Waals surface area (Å²) in [6.07, 6.45) is 3.33. The largest absolute Gasteiger partial charge is 0.338 e. The van der Waals surface area contributed by atoms with Crippen molar-refractivity contribution in [2.75, 3.05) is 26.2 Å². The molecule has 2 saturated heterocycles. The van der Waals surface area contributed by atoms with Crippen LogP contribution in [-0.2, 0) is 6.54 Å². The van der Waals surface area contributed by atoms with Crippen LogP contribution < -0.4 is 10.9 Å². The summed E-state index contributed by atoms with van der Waals surface area (Å²) in [6, 6.07) is 1.95. The van der Waals surface area contributed by atoms with Crippen LogP contribution >= 0.6 is 0 Å². The standard InChI is InChI=1S/C18H27N3O2/c1-4-21-14(3)10-13(2)15(17(21)23)16(22)20-9-5-6-18(12-20)7-8-19-11-18/h10,19H,4-9,11-12H2,1-3H3. The lowest BCUT2D eigenvalue weighted by Crippen LogP contribution is -2.48. The Morgan fingerprint density at radius 3 is 2.78 bits per heavy atom. The van der Waals surface area contributed by atoms with Gasteiger partial charge >= 0.3 is 0 Å². The average molecular weight is 317 g/mol. The van der Waals surface area contributed by atoms with E-state index in [4.69, 9.17) is 0 Å². The van der Waals surface area contributed by atoms with Gasteiger partial charge in [-0.25, -0.2) is 0 Å². The summed E-state index contributed by atoms with van der Waals surface area (Å²) in [5.74, 6) is -0.0827. The van der Waals surface area contributed by atoms with Crippen LogP contribution in [0.4, 0.5) is 0 Å². The number of hydrogen-bond acceptors (Lipinski definition) is 3. The third kappa shape index (κ3) is 2.82. The first kappa shape index (κ1) is 16.2. The van der Waals surface area contributed by atoms with E-state index >= 15 is 0 Å². The third-order valence-electron chi connectivity index (χ3n) is 5.52. The molecule has 0 aromatic carbocycles. The lowest BCUT2D eigenvalue weighted by molar-refractivity contribution is 0.0550. The fourth-order valence-corrected chi connectivity index (χ4v) is 4.26. The first-order valence-corrected chi connectivity index (χ1v) is 8.68. The minimum absolute atomic E-state index is 0.0827. The van der Waals surface area contributed by atoms with Gasteiger partial charge in [0.15, 0.2) is 0 Å². The topological polar surface area (TPSA) is 54.3 Å². The zero-order chi connectivity index (χ0) is 16.6. The van der Waals surface area contributed by atoms with E-state index in [1.54, 1.807) is 4.57 Å². The molecule has 2 fully saturated rings. The number of nitrogens with one attached hydrogen (secondary N) is 1. The fraction of sp³-hybridized carbons (Fsp3) is 0.667. The van der Waals surface area contributed by atoms with Gasteiger partial charge in [-0.3, -0.25) is 9.59 Å². The van der Waals surface area contributed by atoms with Gasteiger partial charge in [-0.1, -0.05) is 0 Å². The molecule has 2 aliphatic rings. The highest BCUT2D eigenvalue weighted by Crippen LogP contribution is 2.35. The maximum atomic E-state index is 13.1. The Morgan fingerprint density at radius 1 is 1.35 bits per heavy atom. The Hall–Kier alpha value is -1.62. The molecular weight excluding hydrogens is 290 g/mol. The number of amides is 1. The van der Waals surface area contributed by atoms with Crippen molar-refractivity contribution in [3.8, 4) is 0 Å². The zero-order valence-electron chi connectivity index (χ0n) is 14.4. The molecule has 3 heterocycles. The normalized spacial score (nSPS) is 24.4. The lowest BCUT2D eigenvalue weighted by Gasteiger charge is -2.40. The van der Waals surface area contributed by atoms with E-state index in [-0.39, 0.29) is 16.9 Å². The number of carbonyl (C=O) groups excluding carboxylic acids is 1. The van der Waals surface area contributed by atoms with Gasteiger partial charge in [-0.2, -0.15) is 0 Å². The van der Waals surface area contributed by atoms with Gasteiger partial charge in [0.05, 0.1) is 0 Å². The lowest BCUT2D eigenvalue weighted by atomic mass is 9.79. The average Bonchev–Trinajstić information content (AvgIpc) is 2.95. The van der Waals surface area contributed by atoms with Gasteiger partial charge in [0.1, 0.15) is 5.56 Å². The predicted octanol–water partition coefficient (Wildman–Crippen LogP) is 1.70. The first-order chi connectivity index (χ1) is 11.0. The van der Waals surface area contributed by atoms with E-state index in [9.17, 15) is 9.59 Å². The van der Waals surface area contributed by atoms with Crippen molar-refractivity contribution in [1.29, 1.82) is 0 Å². The number of carbonyl (C=O) groups is 1. The molecule has 1 N–H and O–H groups in total. The summed E-state index contributed by atoms with van der Waals surface area (Å²) < 4.78 is 1.69. The van der Waals surface area contributed by atoms with Gasteiger partial charge in [0, 0.05) is 37.3 Å². The summed E-state index contributed by atoms with van der Waals surface area (Å²) in [7, 11) is 0. The Kier molecular flexibility index (Phi) is 4.32. The highest BCUT2D eigenvalue weighted by atomic mass is 16.2. The number of pyridine rings is 1. The van der Waals surface area contributed by atoms with Crippen molar-refractivity contribution in [2.24, 2.45) is 5.41 Å². The van der Waals surface area contributed by atoms with E-state index in [1.807, 2.05) is 31.7 Å². The molecule has 1 spiro atoms. The number of rotatable bonds is 2. The van der Waals surface area contributed by atoms with Crippen molar-refractivity contribution in [3.05, 3.63) is 33.2 Å². The molecule has 23 heavy (non-hydrogen) atoms. The number of hydrogen-bond donors (Lipinski definition) is 1. The molecule has 1 amide bonds. The summed E-state index contributed by atoms with van der Waals surface area (Å²) in [5.41, 5.74) is 2.16.